The van der Waals surface area contributed by atoms with Gasteiger partial charge in [-0.3, -0.25) is 0 Å². The van der Waals surface area contributed by atoms with Crippen LogP contribution in [-0.2, 0) is 0 Å². The maximum Gasteiger partial charge on any atom is 0.373 e. The summed E-state index contributed by atoms with van der Waals surface area (Å²) in [6.07, 6.45) is 1.06. The zero-order chi connectivity index (χ0) is 6.57. The maximum absolute atomic E-state index is 8.74. The van der Waals surface area contributed by atoms with E-state index in [2.05, 4.69) is 12.2 Å². The first-order valence-electron chi connectivity index (χ1n) is 3.11. The summed E-state index contributed by atoms with van der Waals surface area (Å²) in [5.41, 5.74) is 0. The summed E-state index contributed by atoms with van der Waals surface area (Å²) < 4.78 is 0. The van der Waals surface area contributed by atoms with Gasteiger partial charge in [0.25, 0.3) is 0 Å². The topological polar surface area (TPSA) is 32.3 Å². The fraction of sp³-hybridized carbons (Fsp3) is 1.00. The molecule has 8 heavy (non-hydrogen) atoms. The van der Waals surface area contributed by atoms with Crippen molar-refractivity contribution in [3.63, 3.8) is 0 Å². The van der Waals surface area contributed by atoms with Crippen molar-refractivity contribution in [1.82, 2.24) is 5.23 Å². The molecule has 0 aromatic rings. The molecule has 0 bridgehead atoms. The van der Waals surface area contributed by atoms with Gasteiger partial charge in [0.05, 0.1) is 0 Å². The van der Waals surface area contributed by atoms with Crippen molar-refractivity contribution < 1.29 is 5.02 Å². The summed E-state index contributed by atoms with van der Waals surface area (Å²) in [6, 6.07) is 0.426. The Bertz CT molecular complexity index is 58.4. The molecule has 0 aromatic carbocycles. The highest BCUT2D eigenvalue weighted by atomic mass is 16.2. The summed E-state index contributed by atoms with van der Waals surface area (Å²) in [5, 5.41) is 11.7. The van der Waals surface area contributed by atoms with E-state index < -0.39 is 0 Å². The predicted molar refractivity (Wildman–Crippen MR) is 36.7 cm³/mol. The summed E-state index contributed by atoms with van der Waals surface area (Å²) >= 11 is 0. The number of rotatable bonds is 3. The fourth-order valence-electron chi connectivity index (χ4n) is 0.530. The molecule has 0 heterocycles. The van der Waals surface area contributed by atoms with Gasteiger partial charge in [0.2, 0.25) is 0 Å². The summed E-state index contributed by atoms with van der Waals surface area (Å²) in [5.74, 6) is 0. The Hall–Kier alpha value is -0.0151. The maximum atomic E-state index is 8.74. The Morgan fingerprint density at radius 3 is 2.38 bits per heavy atom. The average Bonchev–Trinajstić information content (AvgIpc) is 1.65. The molecule has 0 aliphatic heterocycles. The van der Waals surface area contributed by atoms with Gasteiger partial charge >= 0.3 is 7.05 Å². The molecule has 0 saturated carbocycles. The Morgan fingerprint density at radius 2 is 2.25 bits per heavy atom. The van der Waals surface area contributed by atoms with Crippen molar-refractivity contribution in [3.05, 3.63) is 0 Å². The van der Waals surface area contributed by atoms with Crippen LogP contribution in [0, 0.1) is 0 Å². The summed E-state index contributed by atoms with van der Waals surface area (Å²) in [6.45, 7) is 5.86. The first-order chi connectivity index (χ1) is 3.66. The van der Waals surface area contributed by atoms with Crippen LogP contribution in [0.5, 0.6) is 0 Å². The van der Waals surface area contributed by atoms with Gasteiger partial charge in [-0.25, -0.2) is 0 Å². The third-order valence-corrected chi connectivity index (χ3v) is 1.14. The Morgan fingerprint density at radius 1 is 1.75 bits per heavy atom. The van der Waals surface area contributed by atoms with Gasteiger partial charge < -0.3 is 10.3 Å². The molecule has 48 valence electrons. The van der Waals surface area contributed by atoms with E-state index in [1.807, 2.05) is 6.92 Å². The molecule has 2 nitrogen and oxygen atoms in total. The van der Waals surface area contributed by atoms with Gasteiger partial charge in [-0.2, -0.15) is 0 Å². The van der Waals surface area contributed by atoms with E-state index in [1.54, 1.807) is 6.82 Å². The fourth-order valence-corrected chi connectivity index (χ4v) is 0.530. The molecule has 3 heteroatoms. The van der Waals surface area contributed by atoms with Crippen molar-refractivity contribution >= 4 is 7.05 Å². The van der Waals surface area contributed by atoms with E-state index in [9.17, 15) is 0 Å². The highest BCUT2D eigenvalue weighted by Gasteiger charge is 2.04. The summed E-state index contributed by atoms with van der Waals surface area (Å²) in [4.78, 5) is 0. The molecule has 1 atom stereocenters. The van der Waals surface area contributed by atoms with Crippen LogP contribution in [0.25, 0.3) is 0 Å². The monoisotopic (exact) mass is 115 g/mol. The predicted octanol–water partition coefficient (Wildman–Crippen LogP) is 0.485. The molecule has 0 aliphatic carbocycles. The van der Waals surface area contributed by atoms with Crippen molar-refractivity contribution in [2.75, 3.05) is 0 Å². The number of hydrogen-bond acceptors (Lipinski definition) is 2. The Kier molecular flexibility index (Phi) is 3.92. The molecule has 0 amide bonds. The highest BCUT2D eigenvalue weighted by molar-refractivity contribution is 6.45. The van der Waals surface area contributed by atoms with Crippen LogP contribution in [0.15, 0.2) is 0 Å². The van der Waals surface area contributed by atoms with Crippen LogP contribution in [-0.4, -0.2) is 18.1 Å². The minimum absolute atomic E-state index is 0.370. The second-order valence-corrected chi connectivity index (χ2v) is 2.15. The van der Waals surface area contributed by atoms with Crippen molar-refractivity contribution in [1.29, 1.82) is 0 Å². The molecule has 0 rings (SSSR count). The molecule has 1 unspecified atom stereocenters. The third kappa shape index (κ3) is 4.15. The van der Waals surface area contributed by atoms with Gasteiger partial charge in [-0.15, -0.1) is 0 Å². The molecular formula is C5H14BNO. The quantitative estimate of drug-likeness (QED) is 0.524. The van der Waals surface area contributed by atoms with Crippen LogP contribution >= 0.6 is 0 Å². The number of hydrogen-bond donors (Lipinski definition) is 2. The lowest BCUT2D eigenvalue weighted by Gasteiger charge is -2.09. The van der Waals surface area contributed by atoms with Crippen LogP contribution in [0.2, 0.25) is 6.82 Å². The van der Waals surface area contributed by atoms with E-state index in [0.717, 1.165) is 6.42 Å². The van der Waals surface area contributed by atoms with Gasteiger partial charge in [0.1, 0.15) is 0 Å². The SMILES string of the molecule is CCC(C)NB(C)O. The molecule has 0 radical (unpaired) electrons. The van der Waals surface area contributed by atoms with E-state index in [4.69, 9.17) is 5.02 Å². The van der Waals surface area contributed by atoms with Crippen LogP contribution in [0.1, 0.15) is 20.3 Å². The van der Waals surface area contributed by atoms with E-state index in [0.29, 0.717) is 6.04 Å². The first kappa shape index (κ1) is 7.98. The third-order valence-electron chi connectivity index (χ3n) is 1.14. The lowest BCUT2D eigenvalue weighted by molar-refractivity contribution is 0.522. The average molecular weight is 115 g/mol. The molecule has 0 aliphatic rings. The number of nitrogens with one attached hydrogen (secondary N) is 1. The Labute approximate surface area is 51.4 Å². The minimum atomic E-state index is -0.370. The van der Waals surface area contributed by atoms with Gasteiger partial charge in [-0.05, 0) is 19.3 Å². The van der Waals surface area contributed by atoms with Crippen LogP contribution < -0.4 is 5.23 Å². The zero-order valence-corrected chi connectivity index (χ0v) is 5.81. The van der Waals surface area contributed by atoms with E-state index in [-0.39, 0.29) is 7.05 Å². The normalized spacial score (nSPS) is 13.5. The summed E-state index contributed by atoms with van der Waals surface area (Å²) in [7, 11) is -0.370. The van der Waals surface area contributed by atoms with Gasteiger partial charge in [0.15, 0.2) is 0 Å². The van der Waals surface area contributed by atoms with Crippen molar-refractivity contribution in [3.8, 4) is 0 Å². The van der Waals surface area contributed by atoms with Crippen LogP contribution in [0.4, 0.5) is 0 Å². The first-order valence-corrected chi connectivity index (χ1v) is 3.11. The van der Waals surface area contributed by atoms with E-state index in [1.165, 1.54) is 0 Å². The molecule has 2 N–H and O–H groups in total. The van der Waals surface area contributed by atoms with Gasteiger partial charge in [0, 0.05) is 0 Å². The molecule has 0 saturated heterocycles. The smallest absolute Gasteiger partial charge is 0.373 e. The molecule has 0 spiro atoms. The van der Waals surface area contributed by atoms with E-state index >= 15 is 0 Å². The molecule has 0 fully saturated rings. The lowest BCUT2D eigenvalue weighted by Crippen LogP contribution is -2.37. The van der Waals surface area contributed by atoms with Crippen molar-refractivity contribution in [2.45, 2.75) is 33.1 Å². The standard InChI is InChI=1S/C5H14BNO/c1-4-5(2)7-6(3)8/h5,7-8H,4H2,1-3H3. The van der Waals surface area contributed by atoms with Crippen LogP contribution in [0.3, 0.4) is 0 Å². The second kappa shape index (κ2) is 3.92. The second-order valence-electron chi connectivity index (χ2n) is 2.15. The zero-order valence-electron chi connectivity index (χ0n) is 5.81. The largest absolute Gasteiger partial charge is 0.437 e. The lowest BCUT2D eigenvalue weighted by atomic mass is 9.87. The molecule has 0 aromatic heterocycles. The van der Waals surface area contributed by atoms with Gasteiger partial charge in [-0.1, -0.05) is 13.8 Å². The Balaban J connectivity index is 3.10. The van der Waals surface area contributed by atoms with Crippen molar-refractivity contribution in [2.24, 2.45) is 0 Å². The highest BCUT2D eigenvalue weighted by Crippen LogP contribution is 1.86. The molecular weight excluding hydrogens is 101 g/mol. The minimum Gasteiger partial charge on any atom is -0.437 e.